The first-order valence-corrected chi connectivity index (χ1v) is 6.64. The third kappa shape index (κ3) is 2.66. The Labute approximate surface area is 106 Å². The molecule has 0 aliphatic carbocycles. The van der Waals surface area contributed by atoms with Crippen molar-refractivity contribution in [2.75, 3.05) is 5.32 Å². The average molecular weight is 250 g/mol. The van der Waals surface area contributed by atoms with Crippen LogP contribution in [0.15, 0.2) is 12.4 Å². The Kier molecular flexibility index (Phi) is 3.47. The van der Waals surface area contributed by atoms with Gasteiger partial charge in [-0.3, -0.25) is 0 Å². The highest BCUT2D eigenvalue weighted by Crippen LogP contribution is 2.22. The molecule has 1 N–H and O–H groups in total. The van der Waals surface area contributed by atoms with Crippen molar-refractivity contribution in [1.82, 2.24) is 14.5 Å². The molecule has 0 aromatic carbocycles. The molecule has 92 valence electrons. The fourth-order valence-electron chi connectivity index (χ4n) is 1.73. The van der Waals surface area contributed by atoms with E-state index in [-0.39, 0.29) is 6.04 Å². The predicted molar refractivity (Wildman–Crippen MR) is 71.5 cm³/mol. The molecule has 0 aliphatic rings. The maximum absolute atomic E-state index is 4.48. The van der Waals surface area contributed by atoms with Crippen molar-refractivity contribution in [3.63, 3.8) is 0 Å². The Morgan fingerprint density at radius 2 is 2.24 bits per heavy atom. The summed E-state index contributed by atoms with van der Waals surface area (Å²) in [5.74, 6) is 0.922. The molecule has 0 radical (unpaired) electrons. The standard InChI is InChI=1S/C12H18N4S/c1-5-16-7-8(2)14-12(16)15-10(4)11-13-6-9(3)17-11/h6-7,10H,5H2,1-4H3,(H,14,15). The van der Waals surface area contributed by atoms with Crippen LogP contribution >= 0.6 is 11.3 Å². The molecule has 1 unspecified atom stereocenters. The van der Waals surface area contributed by atoms with Gasteiger partial charge >= 0.3 is 0 Å². The Hall–Kier alpha value is -1.36. The summed E-state index contributed by atoms with van der Waals surface area (Å²) in [6, 6.07) is 0.195. The Morgan fingerprint density at radius 1 is 1.47 bits per heavy atom. The van der Waals surface area contributed by atoms with Gasteiger partial charge in [-0.15, -0.1) is 11.3 Å². The van der Waals surface area contributed by atoms with E-state index in [4.69, 9.17) is 0 Å². The molecule has 0 bridgehead atoms. The first-order chi connectivity index (χ1) is 8.10. The van der Waals surface area contributed by atoms with Gasteiger partial charge in [-0.2, -0.15) is 0 Å². The fourth-order valence-corrected chi connectivity index (χ4v) is 2.51. The van der Waals surface area contributed by atoms with E-state index in [2.05, 4.69) is 46.8 Å². The number of aromatic nitrogens is 3. The van der Waals surface area contributed by atoms with Crippen LogP contribution < -0.4 is 5.32 Å². The van der Waals surface area contributed by atoms with Gasteiger partial charge in [0.25, 0.3) is 0 Å². The predicted octanol–water partition coefficient (Wildman–Crippen LogP) is 3.15. The van der Waals surface area contributed by atoms with E-state index in [9.17, 15) is 0 Å². The molecule has 0 spiro atoms. The first kappa shape index (κ1) is 12.1. The number of hydrogen-bond acceptors (Lipinski definition) is 4. The van der Waals surface area contributed by atoms with E-state index in [1.54, 1.807) is 11.3 Å². The maximum atomic E-state index is 4.48. The summed E-state index contributed by atoms with van der Waals surface area (Å²) >= 11 is 1.72. The number of imidazole rings is 1. The maximum Gasteiger partial charge on any atom is 0.203 e. The summed E-state index contributed by atoms with van der Waals surface area (Å²) in [7, 11) is 0. The van der Waals surface area contributed by atoms with Crippen molar-refractivity contribution in [2.45, 2.75) is 40.3 Å². The zero-order chi connectivity index (χ0) is 12.4. The number of nitrogens with zero attached hydrogens (tertiary/aromatic N) is 3. The van der Waals surface area contributed by atoms with Crippen LogP contribution in [0, 0.1) is 13.8 Å². The summed E-state index contributed by atoms with van der Waals surface area (Å²) in [5.41, 5.74) is 1.04. The van der Waals surface area contributed by atoms with Crippen LogP contribution in [-0.2, 0) is 6.54 Å². The summed E-state index contributed by atoms with van der Waals surface area (Å²) in [5, 5.41) is 4.51. The third-order valence-corrected chi connectivity index (χ3v) is 3.69. The normalized spacial score (nSPS) is 12.7. The lowest BCUT2D eigenvalue weighted by molar-refractivity contribution is 0.742. The van der Waals surface area contributed by atoms with Crippen molar-refractivity contribution in [3.05, 3.63) is 28.0 Å². The van der Waals surface area contributed by atoms with E-state index in [0.29, 0.717) is 0 Å². The summed E-state index contributed by atoms with van der Waals surface area (Å²) < 4.78 is 2.12. The monoisotopic (exact) mass is 250 g/mol. The van der Waals surface area contributed by atoms with Crippen LogP contribution in [0.4, 0.5) is 5.95 Å². The number of thiazole rings is 1. The van der Waals surface area contributed by atoms with E-state index < -0.39 is 0 Å². The van der Waals surface area contributed by atoms with Gasteiger partial charge < -0.3 is 9.88 Å². The molecule has 0 amide bonds. The second-order valence-corrected chi connectivity index (χ2v) is 5.43. The minimum absolute atomic E-state index is 0.195. The van der Waals surface area contributed by atoms with Crippen LogP contribution in [0.5, 0.6) is 0 Å². The van der Waals surface area contributed by atoms with Gasteiger partial charge in [-0.05, 0) is 27.7 Å². The van der Waals surface area contributed by atoms with Crippen LogP contribution in [0.2, 0.25) is 0 Å². The molecule has 4 nitrogen and oxygen atoms in total. The molecule has 1 atom stereocenters. The fraction of sp³-hybridized carbons (Fsp3) is 0.500. The van der Waals surface area contributed by atoms with Crippen molar-refractivity contribution in [3.8, 4) is 0 Å². The molecule has 0 saturated carbocycles. The molecular formula is C12H18N4S. The van der Waals surface area contributed by atoms with Gasteiger partial charge in [0.2, 0.25) is 5.95 Å². The number of hydrogen-bond donors (Lipinski definition) is 1. The minimum atomic E-state index is 0.195. The van der Waals surface area contributed by atoms with Gasteiger partial charge in [0.1, 0.15) is 5.01 Å². The van der Waals surface area contributed by atoms with Crippen molar-refractivity contribution in [1.29, 1.82) is 0 Å². The minimum Gasteiger partial charge on any atom is -0.347 e. The van der Waals surface area contributed by atoms with Gasteiger partial charge in [0, 0.05) is 23.8 Å². The Morgan fingerprint density at radius 3 is 2.82 bits per heavy atom. The van der Waals surface area contributed by atoms with Crippen molar-refractivity contribution in [2.24, 2.45) is 0 Å². The zero-order valence-corrected chi connectivity index (χ0v) is 11.5. The Bertz CT molecular complexity index is 500. The molecular weight excluding hydrogens is 232 g/mol. The summed E-state index contributed by atoms with van der Waals surface area (Å²) in [6.45, 7) is 9.24. The topological polar surface area (TPSA) is 42.7 Å². The zero-order valence-electron chi connectivity index (χ0n) is 10.7. The van der Waals surface area contributed by atoms with Crippen LogP contribution in [-0.4, -0.2) is 14.5 Å². The number of aryl methyl sites for hydroxylation is 3. The highest BCUT2D eigenvalue weighted by molar-refractivity contribution is 7.11. The summed E-state index contributed by atoms with van der Waals surface area (Å²) in [4.78, 5) is 10.1. The molecule has 2 aromatic rings. The lowest BCUT2D eigenvalue weighted by Gasteiger charge is -2.12. The second-order valence-electron chi connectivity index (χ2n) is 4.17. The van der Waals surface area contributed by atoms with Gasteiger partial charge in [0.05, 0.1) is 11.7 Å². The lowest BCUT2D eigenvalue weighted by atomic mass is 10.3. The first-order valence-electron chi connectivity index (χ1n) is 5.82. The molecule has 0 saturated heterocycles. The average Bonchev–Trinajstić information content (AvgIpc) is 2.85. The van der Waals surface area contributed by atoms with Gasteiger partial charge in [0.15, 0.2) is 0 Å². The van der Waals surface area contributed by atoms with E-state index in [0.717, 1.165) is 23.2 Å². The van der Waals surface area contributed by atoms with Crippen molar-refractivity contribution >= 4 is 17.3 Å². The van der Waals surface area contributed by atoms with E-state index in [1.807, 2.05) is 13.1 Å². The second kappa shape index (κ2) is 4.87. The molecule has 17 heavy (non-hydrogen) atoms. The molecule has 5 heteroatoms. The Balaban J connectivity index is 2.14. The third-order valence-electron chi connectivity index (χ3n) is 2.59. The van der Waals surface area contributed by atoms with Crippen molar-refractivity contribution < 1.29 is 0 Å². The van der Waals surface area contributed by atoms with Crippen LogP contribution in [0.25, 0.3) is 0 Å². The molecule has 0 aliphatic heterocycles. The number of nitrogens with one attached hydrogen (secondary N) is 1. The molecule has 2 rings (SSSR count). The largest absolute Gasteiger partial charge is 0.347 e. The van der Waals surface area contributed by atoms with Gasteiger partial charge in [-0.1, -0.05) is 0 Å². The molecule has 2 aromatic heterocycles. The van der Waals surface area contributed by atoms with E-state index >= 15 is 0 Å². The quantitative estimate of drug-likeness (QED) is 0.906. The highest BCUT2D eigenvalue weighted by Gasteiger charge is 2.12. The molecule has 2 heterocycles. The highest BCUT2D eigenvalue weighted by atomic mass is 32.1. The lowest BCUT2D eigenvalue weighted by Crippen LogP contribution is -2.11. The van der Waals surface area contributed by atoms with Crippen LogP contribution in [0.1, 0.15) is 35.5 Å². The smallest absolute Gasteiger partial charge is 0.203 e. The van der Waals surface area contributed by atoms with E-state index in [1.165, 1.54) is 4.88 Å². The van der Waals surface area contributed by atoms with Crippen LogP contribution in [0.3, 0.4) is 0 Å². The number of rotatable bonds is 4. The summed E-state index contributed by atoms with van der Waals surface area (Å²) in [6.07, 6.45) is 3.97. The van der Waals surface area contributed by atoms with Gasteiger partial charge in [-0.25, -0.2) is 9.97 Å². The number of anilines is 1. The molecule has 0 fully saturated rings. The SMILES string of the molecule is CCn1cc(C)nc1NC(C)c1ncc(C)s1.